The number of aromatic nitrogens is 2. The number of thioether (sulfide) groups is 1. The molecule has 1 aliphatic rings. The van der Waals surface area contributed by atoms with Crippen molar-refractivity contribution in [2.75, 3.05) is 5.75 Å². The number of rotatable bonds is 6. The lowest BCUT2D eigenvalue weighted by atomic mass is 10.0. The molecule has 0 aliphatic heterocycles. The average Bonchev–Trinajstić information content (AvgIpc) is 3.07. The molecule has 2 aromatic heterocycles. The molecule has 0 aromatic carbocycles. The Hall–Kier alpha value is -1.34. The number of hydrogen-bond acceptors (Lipinski definition) is 5. The van der Waals surface area contributed by atoms with E-state index in [0.717, 1.165) is 31.0 Å². The molecule has 0 radical (unpaired) electrons. The largest absolute Gasteiger partial charge is 0.481 e. The minimum absolute atomic E-state index is 0.0473. The summed E-state index contributed by atoms with van der Waals surface area (Å²) in [6.07, 6.45) is 3.28. The van der Waals surface area contributed by atoms with Gasteiger partial charge in [-0.15, -0.1) is 11.3 Å². The van der Waals surface area contributed by atoms with Crippen LogP contribution in [0.1, 0.15) is 26.2 Å². The van der Waals surface area contributed by atoms with Crippen LogP contribution in [0, 0.1) is 5.41 Å². The Morgan fingerprint density at radius 2 is 2.33 bits per heavy atom. The van der Waals surface area contributed by atoms with Gasteiger partial charge in [-0.05, 0) is 36.1 Å². The Morgan fingerprint density at radius 1 is 1.57 bits per heavy atom. The van der Waals surface area contributed by atoms with Gasteiger partial charge in [0.1, 0.15) is 4.83 Å². The van der Waals surface area contributed by atoms with Gasteiger partial charge in [0.2, 0.25) is 0 Å². The molecule has 1 N–H and O–H groups in total. The maximum absolute atomic E-state index is 12.6. The standard InChI is InChI=1S/C14H16N2O3S2/c1-2-14(4-5-14)8-16-12(19)9-3-6-20-11(9)15-13(16)21-7-10(17)18/h3,6H,2,4-5,7-8H2,1H3,(H,17,18). The van der Waals surface area contributed by atoms with Crippen molar-refractivity contribution in [1.82, 2.24) is 9.55 Å². The zero-order valence-electron chi connectivity index (χ0n) is 11.7. The van der Waals surface area contributed by atoms with E-state index in [1.807, 2.05) is 5.38 Å². The molecule has 0 spiro atoms. The van der Waals surface area contributed by atoms with E-state index in [9.17, 15) is 9.59 Å². The van der Waals surface area contributed by atoms with Crippen molar-refractivity contribution >= 4 is 39.3 Å². The summed E-state index contributed by atoms with van der Waals surface area (Å²) in [7, 11) is 0. The average molecular weight is 324 g/mol. The van der Waals surface area contributed by atoms with Crippen molar-refractivity contribution in [1.29, 1.82) is 0 Å². The summed E-state index contributed by atoms with van der Waals surface area (Å²) in [4.78, 5) is 28.6. The zero-order valence-corrected chi connectivity index (χ0v) is 13.3. The molecular weight excluding hydrogens is 308 g/mol. The number of carboxylic acid groups (broad SMARTS) is 1. The van der Waals surface area contributed by atoms with Gasteiger partial charge in [0.25, 0.3) is 5.56 Å². The Morgan fingerprint density at radius 3 is 2.95 bits per heavy atom. The highest BCUT2D eigenvalue weighted by molar-refractivity contribution is 7.99. The van der Waals surface area contributed by atoms with Crippen LogP contribution in [0.3, 0.4) is 0 Å². The first-order chi connectivity index (χ1) is 10.0. The number of hydrogen-bond donors (Lipinski definition) is 1. The Kier molecular flexibility index (Phi) is 3.79. The first-order valence-corrected chi connectivity index (χ1v) is 8.74. The van der Waals surface area contributed by atoms with Crippen LogP contribution < -0.4 is 5.56 Å². The van der Waals surface area contributed by atoms with Crippen LogP contribution in [-0.2, 0) is 11.3 Å². The molecule has 2 heterocycles. The number of thiophene rings is 1. The zero-order chi connectivity index (χ0) is 15.0. The second-order valence-corrected chi connectivity index (χ2v) is 7.30. The predicted molar refractivity (Wildman–Crippen MR) is 84.2 cm³/mol. The molecule has 1 aliphatic carbocycles. The van der Waals surface area contributed by atoms with Gasteiger partial charge in [-0.3, -0.25) is 14.2 Å². The summed E-state index contributed by atoms with van der Waals surface area (Å²) in [6.45, 7) is 2.78. The molecule has 0 amide bonds. The van der Waals surface area contributed by atoms with Crippen LogP contribution >= 0.6 is 23.1 Å². The maximum Gasteiger partial charge on any atom is 0.313 e. The fourth-order valence-corrected chi connectivity index (χ4v) is 3.97. The van der Waals surface area contributed by atoms with E-state index in [1.165, 1.54) is 11.3 Å². The highest BCUT2D eigenvalue weighted by atomic mass is 32.2. The second-order valence-electron chi connectivity index (χ2n) is 5.46. The Bertz CT molecular complexity index is 746. The minimum atomic E-state index is -0.899. The van der Waals surface area contributed by atoms with Gasteiger partial charge in [0.15, 0.2) is 5.16 Å². The summed E-state index contributed by atoms with van der Waals surface area (Å²) in [5, 5.41) is 11.9. The van der Waals surface area contributed by atoms with Gasteiger partial charge in [0, 0.05) is 6.54 Å². The fraction of sp³-hybridized carbons (Fsp3) is 0.500. The smallest absolute Gasteiger partial charge is 0.313 e. The molecule has 1 fully saturated rings. The van der Waals surface area contributed by atoms with Crippen LogP contribution in [-0.4, -0.2) is 26.4 Å². The number of fused-ring (bicyclic) bond motifs is 1. The van der Waals surface area contributed by atoms with Crippen LogP contribution in [0.2, 0.25) is 0 Å². The van der Waals surface area contributed by atoms with E-state index in [4.69, 9.17) is 5.11 Å². The highest BCUT2D eigenvalue weighted by Crippen LogP contribution is 2.50. The monoisotopic (exact) mass is 324 g/mol. The SMILES string of the molecule is CCC1(Cn2c(SCC(=O)O)nc3sccc3c2=O)CC1. The summed E-state index contributed by atoms with van der Waals surface area (Å²) in [5.41, 5.74) is 0.155. The predicted octanol–water partition coefficient (Wildman–Crippen LogP) is 2.82. The van der Waals surface area contributed by atoms with Crippen LogP contribution in [0.15, 0.2) is 21.4 Å². The first kappa shape index (κ1) is 14.6. The van der Waals surface area contributed by atoms with E-state index in [1.54, 1.807) is 10.6 Å². The van der Waals surface area contributed by atoms with Gasteiger partial charge in [-0.2, -0.15) is 0 Å². The quantitative estimate of drug-likeness (QED) is 0.653. The normalized spacial score (nSPS) is 16.2. The van der Waals surface area contributed by atoms with Gasteiger partial charge >= 0.3 is 5.97 Å². The molecule has 5 nitrogen and oxygen atoms in total. The fourth-order valence-electron chi connectivity index (χ4n) is 2.44. The van der Waals surface area contributed by atoms with Crippen molar-refractivity contribution < 1.29 is 9.90 Å². The van der Waals surface area contributed by atoms with Crippen LogP contribution in [0.25, 0.3) is 10.2 Å². The van der Waals surface area contributed by atoms with Gasteiger partial charge in [0.05, 0.1) is 11.1 Å². The molecule has 2 aromatic rings. The number of aliphatic carboxylic acids is 1. The van der Waals surface area contributed by atoms with E-state index in [2.05, 4.69) is 11.9 Å². The lowest BCUT2D eigenvalue weighted by molar-refractivity contribution is -0.133. The van der Waals surface area contributed by atoms with Crippen LogP contribution in [0.4, 0.5) is 0 Å². The van der Waals surface area contributed by atoms with Crippen molar-refractivity contribution in [3.05, 3.63) is 21.8 Å². The third-order valence-electron chi connectivity index (χ3n) is 4.07. The molecular formula is C14H16N2O3S2. The maximum atomic E-state index is 12.6. The summed E-state index contributed by atoms with van der Waals surface area (Å²) < 4.78 is 1.68. The molecule has 3 rings (SSSR count). The third kappa shape index (κ3) is 2.85. The van der Waals surface area contributed by atoms with E-state index >= 15 is 0 Å². The van der Waals surface area contributed by atoms with E-state index in [-0.39, 0.29) is 16.7 Å². The van der Waals surface area contributed by atoms with Gasteiger partial charge < -0.3 is 5.11 Å². The lowest BCUT2D eigenvalue weighted by Gasteiger charge is -2.17. The third-order valence-corrected chi connectivity index (χ3v) is 5.84. The number of carbonyl (C=O) groups is 1. The molecule has 0 saturated heterocycles. The second kappa shape index (κ2) is 5.46. The first-order valence-electron chi connectivity index (χ1n) is 6.87. The molecule has 0 unspecified atom stereocenters. The van der Waals surface area contributed by atoms with Gasteiger partial charge in [-0.1, -0.05) is 18.7 Å². The van der Waals surface area contributed by atoms with Crippen molar-refractivity contribution in [3.63, 3.8) is 0 Å². The minimum Gasteiger partial charge on any atom is -0.481 e. The van der Waals surface area contributed by atoms with Crippen LogP contribution in [0.5, 0.6) is 0 Å². The van der Waals surface area contributed by atoms with Crippen molar-refractivity contribution in [2.45, 2.75) is 37.9 Å². The lowest BCUT2D eigenvalue weighted by Crippen LogP contribution is -2.27. The molecule has 1 saturated carbocycles. The van der Waals surface area contributed by atoms with Crippen molar-refractivity contribution in [3.8, 4) is 0 Å². The summed E-state index contributed by atoms with van der Waals surface area (Å²) in [5.74, 6) is -0.980. The molecule has 112 valence electrons. The molecule has 0 atom stereocenters. The summed E-state index contributed by atoms with van der Waals surface area (Å²) in [6, 6.07) is 1.79. The van der Waals surface area contributed by atoms with Crippen molar-refractivity contribution in [2.24, 2.45) is 5.41 Å². The summed E-state index contributed by atoms with van der Waals surface area (Å²) >= 11 is 2.54. The van der Waals surface area contributed by atoms with E-state index < -0.39 is 5.97 Å². The van der Waals surface area contributed by atoms with Gasteiger partial charge in [-0.25, -0.2) is 4.98 Å². The Balaban J connectivity index is 2.04. The molecule has 7 heteroatoms. The number of nitrogens with zero attached hydrogens (tertiary/aromatic N) is 2. The molecule has 0 bridgehead atoms. The number of carboxylic acids is 1. The topological polar surface area (TPSA) is 72.2 Å². The highest BCUT2D eigenvalue weighted by Gasteiger charge is 2.41. The van der Waals surface area contributed by atoms with E-state index in [0.29, 0.717) is 21.9 Å². The Labute approximate surface area is 130 Å². The molecule has 21 heavy (non-hydrogen) atoms.